The van der Waals surface area contributed by atoms with Crippen LogP contribution in [0.2, 0.25) is 0 Å². The van der Waals surface area contributed by atoms with E-state index in [0.717, 1.165) is 53.6 Å². The van der Waals surface area contributed by atoms with Gasteiger partial charge in [0.2, 0.25) is 0 Å². The van der Waals surface area contributed by atoms with Gasteiger partial charge in [0, 0.05) is 48.5 Å². The number of ether oxygens (including phenoxy) is 2. The highest BCUT2D eigenvalue weighted by Crippen LogP contribution is 2.27. The number of anilines is 1. The van der Waals surface area contributed by atoms with Crippen LogP contribution in [0.3, 0.4) is 0 Å². The molecule has 2 heterocycles. The van der Waals surface area contributed by atoms with Gasteiger partial charge in [-0.05, 0) is 43.0 Å². The highest BCUT2D eigenvalue weighted by Gasteiger charge is 2.34. The molecule has 5 N–H and O–H groups in total. The molecule has 1 aliphatic rings. The van der Waals surface area contributed by atoms with Crippen molar-refractivity contribution >= 4 is 16.6 Å². The highest BCUT2D eigenvalue weighted by atomic mass is 16.5. The monoisotopic (exact) mass is 484 g/mol. The lowest BCUT2D eigenvalue weighted by atomic mass is 10.0. The zero-order chi connectivity index (χ0) is 24.6. The van der Waals surface area contributed by atoms with E-state index in [1.54, 1.807) is 0 Å². The minimum absolute atomic E-state index is 0.0855. The van der Waals surface area contributed by atoms with Crippen molar-refractivity contribution in [3.8, 4) is 5.75 Å². The van der Waals surface area contributed by atoms with Crippen LogP contribution in [-0.2, 0) is 11.3 Å². The van der Waals surface area contributed by atoms with Crippen molar-refractivity contribution < 1.29 is 29.9 Å². The second-order valence-corrected chi connectivity index (χ2v) is 9.14. The van der Waals surface area contributed by atoms with Crippen LogP contribution in [0.4, 0.5) is 5.69 Å². The first kappa shape index (κ1) is 25.5. The summed E-state index contributed by atoms with van der Waals surface area (Å²) in [5.74, 6) is 0.755. The third-order valence-electron chi connectivity index (χ3n) is 6.54. The first-order valence-electron chi connectivity index (χ1n) is 12.4. The summed E-state index contributed by atoms with van der Waals surface area (Å²) < 4.78 is 11.7. The number of hydrogen-bond donors (Lipinski definition) is 5. The molecule has 0 fully saturated rings. The molecule has 8 heteroatoms. The van der Waals surface area contributed by atoms with Crippen LogP contribution < -0.4 is 9.64 Å². The zero-order valence-corrected chi connectivity index (χ0v) is 19.9. The Labute approximate surface area is 205 Å². The summed E-state index contributed by atoms with van der Waals surface area (Å²) in [7, 11) is 0. The number of aromatic nitrogens is 1. The quantitative estimate of drug-likeness (QED) is 0.386. The molecule has 1 aliphatic heterocycles. The Hall–Kier alpha value is -2.62. The molecule has 8 nitrogen and oxygen atoms in total. The Morgan fingerprint density at radius 3 is 2.63 bits per heavy atom. The van der Waals surface area contributed by atoms with Crippen LogP contribution in [0.1, 0.15) is 31.2 Å². The van der Waals surface area contributed by atoms with E-state index >= 15 is 0 Å². The SMILES string of the molecule is OC[C@@H](O)[C@H]1OCCCCCCOc2cccc(c2)N(Cc2c[nH]c3ccccc23)C[C@@H](O)[C@H]1O. The lowest BCUT2D eigenvalue weighted by Gasteiger charge is -2.34. The van der Waals surface area contributed by atoms with Gasteiger partial charge in [-0.1, -0.05) is 30.7 Å². The molecule has 2 aromatic carbocycles. The molecule has 0 radical (unpaired) electrons. The summed E-state index contributed by atoms with van der Waals surface area (Å²) in [4.78, 5) is 5.26. The summed E-state index contributed by atoms with van der Waals surface area (Å²) in [6.07, 6.45) is 0.501. The number of para-hydroxylation sites is 1. The molecule has 3 aromatic rings. The van der Waals surface area contributed by atoms with Gasteiger partial charge < -0.3 is 39.8 Å². The number of β-amino-alcohol motifs (C(OH)–C–C–N with tert-alkyl or cyclic N) is 1. The molecular weight excluding hydrogens is 448 g/mol. The average molecular weight is 485 g/mol. The number of fused-ring (bicyclic) bond motifs is 3. The Morgan fingerprint density at radius 1 is 1.00 bits per heavy atom. The molecule has 1 aromatic heterocycles. The summed E-state index contributed by atoms with van der Waals surface area (Å²) in [6.45, 7) is 0.935. The average Bonchev–Trinajstić information content (AvgIpc) is 3.29. The molecule has 0 unspecified atom stereocenters. The van der Waals surface area contributed by atoms with Crippen molar-refractivity contribution in [3.05, 3.63) is 60.3 Å². The van der Waals surface area contributed by atoms with E-state index in [1.807, 2.05) is 59.6 Å². The topological polar surface area (TPSA) is 118 Å². The van der Waals surface area contributed by atoms with Gasteiger partial charge in [-0.2, -0.15) is 0 Å². The van der Waals surface area contributed by atoms with Crippen LogP contribution in [0, 0.1) is 0 Å². The number of nitrogens with one attached hydrogen (secondary N) is 1. The minimum Gasteiger partial charge on any atom is -0.494 e. The molecular formula is C27H36N2O6. The predicted molar refractivity (Wildman–Crippen MR) is 135 cm³/mol. The van der Waals surface area contributed by atoms with Crippen molar-refractivity contribution in [1.29, 1.82) is 0 Å². The fraction of sp³-hybridized carbons (Fsp3) is 0.481. The number of aliphatic hydroxyl groups is 4. The highest BCUT2D eigenvalue weighted by molar-refractivity contribution is 5.83. The lowest BCUT2D eigenvalue weighted by molar-refractivity contribution is -0.141. The molecule has 0 saturated carbocycles. The minimum atomic E-state index is -1.38. The van der Waals surface area contributed by atoms with E-state index in [1.165, 1.54) is 0 Å². The second-order valence-electron chi connectivity index (χ2n) is 9.14. The van der Waals surface area contributed by atoms with E-state index < -0.39 is 31.0 Å². The van der Waals surface area contributed by atoms with Gasteiger partial charge in [0.15, 0.2) is 0 Å². The fourth-order valence-corrected chi connectivity index (χ4v) is 4.56. The molecule has 190 valence electrons. The number of aliphatic hydroxyl groups excluding tert-OH is 4. The molecule has 4 atom stereocenters. The van der Waals surface area contributed by atoms with Crippen molar-refractivity contribution in [3.63, 3.8) is 0 Å². The van der Waals surface area contributed by atoms with Gasteiger partial charge in [-0.25, -0.2) is 0 Å². The fourth-order valence-electron chi connectivity index (χ4n) is 4.56. The van der Waals surface area contributed by atoms with E-state index in [4.69, 9.17) is 9.47 Å². The Bertz CT molecular complexity index is 1060. The van der Waals surface area contributed by atoms with E-state index in [2.05, 4.69) is 4.98 Å². The van der Waals surface area contributed by atoms with Crippen LogP contribution in [0.25, 0.3) is 10.9 Å². The van der Waals surface area contributed by atoms with Gasteiger partial charge in [-0.15, -0.1) is 0 Å². The molecule has 2 bridgehead atoms. The van der Waals surface area contributed by atoms with Crippen LogP contribution in [0.15, 0.2) is 54.7 Å². The number of aromatic amines is 1. The molecule has 0 saturated heterocycles. The number of hydrogen-bond acceptors (Lipinski definition) is 7. The van der Waals surface area contributed by atoms with Crippen LogP contribution in [-0.4, -0.2) is 76.2 Å². The maximum atomic E-state index is 11.0. The summed E-state index contributed by atoms with van der Waals surface area (Å²) >= 11 is 0. The number of rotatable bonds is 4. The molecule has 0 aliphatic carbocycles. The van der Waals surface area contributed by atoms with Crippen molar-refractivity contribution in [2.75, 3.05) is 31.3 Å². The maximum absolute atomic E-state index is 11.0. The van der Waals surface area contributed by atoms with Gasteiger partial charge in [-0.3, -0.25) is 0 Å². The van der Waals surface area contributed by atoms with Crippen molar-refractivity contribution in [2.24, 2.45) is 0 Å². The van der Waals surface area contributed by atoms with Gasteiger partial charge in [0.25, 0.3) is 0 Å². The maximum Gasteiger partial charge on any atom is 0.121 e. The molecule has 0 spiro atoms. The predicted octanol–water partition coefficient (Wildman–Crippen LogP) is 2.59. The van der Waals surface area contributed by atoms with Crippen molar-refractivity contribution in [2.45, 2.75) is 56.6 Å². The first-order valence-corrected chi connectivity index (χ1v) is 12.4. The number of benzene rings is 2. The summed E-state index contributed by atoms with van der Waals surface area (Å²) in [6, 6.07) is 15.7. The smallest absolute Gasteiger partial charge is 0.121 e. The van der Waals surface area contributed by atoms with Gasteiger partial charge in [0.1, 0.15) is 24.1 Å². The van der Waals surface area contributed by atoms with Gasteiger partial charge in [0.05, 0.1) is 19.3 Å². The number of H-pyrrole nitrogens is 1. The largest absolute Gasteiger partial charge is 0.494 e. The first-order chi connectivity index (χ1) is 17.1. The Morgan fingerprint density at radius 2 is 1.80 bits per heavy atom. The summed E-state index contributed by atoms with van der Waals surface area (Å²) in [5.41, 5.74) is 2.91. The lowest BCUT2D eigenvalue weighted by Crippen LogP contribution is -2.51. The van der Waals surface area contributed by atoms with Crippen molar-refractivity contribution in [1.82, 2.24) is 4.98 Å². The van der Waals surface area contributed by atoms with Crippen LogP contribution >= 0.6 is 0 Å². The third kappa shape index (κ3) is 6.54. The standard InChI is InChI=1S/C27H36N2O6/c30-18-25(32)27-26(33)24(31)17-29(16-19-15-28-23-11-4-3-10-22(19)23)20-8-7-9-21(14-20)34-12-5-1-2-6-13-35-27/h3-4,7-11,14-15,24-28,30-33H,1-2,5-6,12-13,16-18H2/t24-,25-,26-,27-/m1/s1. The molecule has 4 rings (SSSR count). The Balaban J connectivity index is 1.64. The number of nitrogens with zero attached hydrogens (tertiary/aromatic N) is 1. The Kier molecular flexibility index (Phi) is 9.01. The van der Waals surface area contributed by atoms with E-state index in [-0.39, 0.29) is 6.54 Å². The van der Waals surface area contributed by atoms with E-state index in [9.17, 15) is 20.4 Å². The zero-order valence-electron chi connectivity index (χ0n) is 19.9. The van der Waals surface area contributed by atoms with E-state index in [0.29, 0.717) is 19.8 Å². The molecule has 0 amide bonds. The summed E-state index contributed by atoms with van der Waals surface area (Å²) in [5, 5.41) is 42.8. The normalized spacial score (nSPS) is 23.7. The van der Waals surface area contributed by atoms with Gasteiger partial charge >= 0.3 is 0 Å². The second kappa shape index (κ2) is 12.4. The van der Waals surface area contributed by atoms with Crippen LogP contribution in [0.5, 0.6) is 5.75 Å². The third-order valence-corrected chi connectivity index (χ3v) is 6.54. The molecule has 35 heavy (non-hydrogen) atoms.